The Labute approximate surface area is 135 Å². The zero-order valence-corrected chi connectivity index (χ0v) is 14.6. The van der Waals surface area contributed by atoms with Gasteiger partial charge in [-0.25, -0.2) is 0 Å². The minimum absolute atomic E-state index is 0.302. The topological polar surface area (TPSA) is 21.3 Å². The molecule has 0 fully saturated rings. The van der Waals surface area contributed by atoms with Gasteiger partial charge in [-0.05, 0) is 55.2 Å². The van der Waals surface area contributed by atoms with Gasteiger partial charge < -0.3 is 10.1 Å². The van der Waals surface area contributed by atoms with Gasteiger partial charge in [0.2, 0.25) is 0 Å². The van der Waals surface area contributed by atoms with Crippen molar-refractivity contribution in [3.8, 4) is 5.75 Å². The number of ether oxygens (including phenoxy) is 1. The van der Waals surface area contributed by atoms with E-state index in [-0.39, 0.29) is 0 Å². The molecule has 4 heteroatoms. The van der Waals surface area contributed by atoms with E-state index >= 15 is 0 Å². The smallest absolute Gasteiger partial charge is 0.123 e. The minimum Gasteiger partial charge on any atom is -0.488 e. The number of thioether (sulfide) groups is 1. The molecule has 2 nitrogen and oxygen atoms in total. The average Bonchev–Trinajstić information content (AvgIpc) is 2.83. The van der Waals surface area contributed by atoms with Gasteiger partial charge in [0.05, 0.1) is 0 Å². The molecule has 0 radical (unpaired) electrons. The van der Waals surface area contributed by atoms with Crippen molar-refractivity contribution in [2.75, 3.05) is 25.1 Å². The van der Waals surface area contributed by atoms with Crippen LogP contribution in [0.2, 0.25) is 0 Å². The van der Waals surface area contributed by atoms with Crippen molar-refractivity contribution in [3.63, 3.8) is 0 Å². The normalized spacial score (nSPS) is 17.0. The van der Waals surface area contributed by atoms with E-state index in [9.17, 15) is 0 Å². The fraction of sp³-hybridized carbons (Fsp3) is 0.625. The van der Waals surface area contributed by atoms with E-state index < -0.39 is 0 Å². The van der Waals surface area contributed by atoms with E-state index in [4.69, 9.17) is 4.74 Å². The molecule has 1 aliphatic heterocycles. The summed E-state index contributed by atoms with van der Waals surface area (Å²) in [5.74, 6) is 2.36. The van der Waals surface area contributed by atoms with Crippen LogP contribution in [0.4, 0.5) is 0 Å². The fourth-order valence-electron chi connectivity index (χ4n) is 2.52. The second-order valence-electron chi connectivity index (χ2n) is 5.31. The number of halogens is 1. The Morgan fingerprint density at radius 1 is 1.30 bits per heavy atom. The van der Waals surface area contributed by atoms with Gasteiger partial charge in [0.15, 0.2) is 0 Å². The van der Waals surface area contributed by atoms with Crippen LogP contribution in [-0.4, -0.2) is 31.2 Å². The highest BCUT2D eigenvalue weighted by atomic mass is 79.9. The molecule has 1 aliphatic rings. The zero-order valence-electron chi connectivity index (χ0n) is 12.2. The van der Waals surface area contributed by atoms with Crippen LogP contribution in [0.15, 0.2) is 22.7 Å². The first-order valence-corrected chi connectivity index (χ1v) is 9.63. The molecule has 20 heavy (non-hydrogen) atoms. The molecule has 0 bridgehead atoms. The third-order valence-corrected chi connectivity index (χ3v) is 4.78. The number of fused-ring (bicyclic) bond motifs is 1. The maximum atomic E-state index is 5.94. The molecule has 0 amide bonds. The van der Waals surface area contributed by atoms with Crippen molar-refractivity contribution < 1.29 is 4.74 Å². The molecular weight excluding hydrogens is 334 g/mol. The van der Waals surface area contributed by atoms with Crippen LogP contribution in [-0.2, 0) is 6.42 Å². The summed E-state index contributed by atoms with van der Waals surface area (Å²) in [5.41, 5.74) is 1.32. The second-order valence-corrected chi connectivity index (χ2v) is 7.21. The summed E-state index contributed by atoms with van der Waals surface area (Å²) < 4.78 is 7.07. The van der Waals surface area contributed by atoms with Gasteiger partial charge in [0, 0.05) is 17.4 Å². The van der Waals surface area contributed by atoms with E-state index in [1.807, 2.05) is 17.8 Å². The summed E-state index contributed by atoms with van der Waals surface area (Å²) >= 11 is 5.46. The van der Waals surface area contributed by atoms with Crippen LogP contribution in [0.25, 0.3) is 0 Å². The van der Waals surface area contributed by atoms with Crippen LogP contribution in [0.1, 0.15) is 31.2 Å². The highest BCUT2D eigenvalue weighted by Gasteiger charge is 2.22. The molecule has 0 aliphatic carbocycles. The van der Waals surface area contributed by atoms with Gasteiger partial charge >= 0.3 is 0 Å². The van der Waals surface area contributed by atoms with Gasteiger partial charge in [-0.15, -0.1) is 0 Å². The van der Waals surface area contributed by atoms with E-state index in [0.29, 0.717) is 6.10 Å². The third kappa shape index (κ3) is 5.30. The summed E-state index contributed by atoms with van der Waals surface area (Å²) in [6, 6.07) is 6.27. The lowest BCUT2D eigenvalue weighted by molar-refractivity contribution is 0.227. The van der Waals surface area contributed by atoms with E-state index in [0.717, 1.165) is 29.7 Å². The quantitative estimate of drug-likeness (QED) is 0.667. The zero-order chi connectivity index (χ0) is 14.2. The fourth-order valence-corrected chi connectivity index (χ4v) is 3.42. The predicted molar refractivity (Wildman–Crippen MR) is 92.0 cm³/mol. The number of hydrogen-bond donors (Lipinski definition) is 1. The Morgan fingerprint density at radius 2 is 2.15 bits per heavy atom. The largest absolute Gasteiger partial charge is 0.488 e. The summed E-state index contributed by atoms with van der Waals surface area (Å²) in [6.07, 6.45) is 8.84. The maximum Gasteiger partial charge on any atom is 0.123 e. The molecule has 1 heterocycles. The molecule has 1 aromatic rings. The van der Waals surface area contributed by atoms with E-state index in [1.165, 1.54) is 37.0 Å². The first kappa shape index (κ1) is 16.2. The van der Waals surface area contributed by atoms with Crippen molar-refractivity contribution >= 4 is 27.7 Å². The Balaban J connectivity index is 1.54. The Hall–Kier alpha value is -0.190. The van der Waals surface area contributed by atoms with E-state index in [2.05, 4.69) is 39.6 Å². The van der Waals surface area contributed by atoms with Crippen LogP contribution < -0.4 is 10.1 Å². The molecule has 1 atom stereocenters. The average molecular weight is 358 g/mol. The molecule has 2 rings (SSSR count). The molecule has 1 unspecified atom stereocenters. The molecule has 0 saturated carbocycles. The summed E-state index contributed by atoms with van der Waals surface area (Å²) in [5, 5.41) is 3.53. The Bertz CT molecular complexity index is 413. The number of benzene rings is 1. The first-order valence-electron chi connectivity index (χ1n) is 7.44. The number of unbranched alkanes of at least 4 members (excludes halogenated alkanes) is 3. The van der Waals surface area contributed by atoms with Crippen molar-refractivity contribution in [1.29, 1.82) is 0 Å². The van der Waals surface area contributed by atoms with E-state index in [1.54, 1.807) is 0 Å². The summed E-state index contributed by atoms with van der Waals surface area (Å²) in [7, 11) is 0. The molecule has 0 saturated heterocycles. The molecule has 0 spiro atoms. The number of nitrogens with one attached hydrogen (secondary N) is 1. The third-order valence-electron chi connectivity index (χ3n) is 3.59. The van der Waals surface area contributed by atoms with Crippen molar-refractivity contribution in [2.24, 2.45) is 0 Å². The molecule has 1 aromatic carbocycles. The summed E-state index contributed by atoms with van der Waals surface area (Å²) in [6.45, 7) is 2.07. The first-order chi connectivity index (χ1) is 9.79. The summed E-state index contributed by atoms with van der Waals surface area (Å²) in [4.78, 5) is 0. The number of rotatable bonds is 9. The number of hydrogen-bond acceptors (Lipinski definition) is 3. The van der Waals surface area contributed by atoms with Crippen LogP contribution >= 0.6 is 27.7 Å². The molecular formula is C16H24BrNOS. The highest BCUT2D eigenvalue weighted by molar-refractivity contribution is 9.10. The lowest BCUT2D eigenvalue weighted by atomic mass is 10.1. The SMILES string of the molecule is CSCCCCCCNCC1Cc2cc(Br)ccc2O1. The van der Waals surface area contributed by atoms with Gasteiger partial charge in [0.25, 0.3) is 0 Å². The second kappa shape index (κ2) is 8.96. The lowest BCUT2D eigenvalue weighted by Gasteiger charge is -2.11. The van der Waals surface area contributed by atoms with Crippen molar-refractivity contribution in [2.45, 2.75) is 38.2 Å². The monoisotopic (exact) mass is 357 g/mol. The molecule has 1 N–H and O–H groups in total. The minimum atomic E-state index is 0.302. The van der Waals surface area contributed by atoms with Gasteiger partial charge in [0.1, 0.15) is 11.9 Å². The lowest BCUT2D eigenvalue weighted by Crippen LogP contribution is -2.30. The van der Waals surface area contributed by atoms with Crippen molar-refractivity contribution in [3.05, 3.63) is 28.2 Å². The van der Waals surface area contributed by atoms with Gasteiger partial charge in [-0.3, -0.25) is 0 Å². The van der Waals surface area contributed by atoms with Gasteiger partial charge in [-0.1, -0.05) is 28.8 Å². The predicted octanol–water partition coefficient (Wildman–Crippen LogP) is 4.27. The highest BCUT2D eigenvalue weighted by Crippen LogP contribution is 2.30. The Kier molecular flexibility index (Phi) is 7.25. The Morgan fingerprint density at radius 3 is 3.00 bits per heavy atom. The van der Waals surface area contributed by atoms with Crippen LogP contribution in [0.5, 0.6) is 5.75 Å². The molecule has 112 valence electrons. The van der Waals surface area contributed by atoms with Crippen molar-refractivity contribution in [1.82, 2.24) is 5.32 Å². The standard InChI is InChI=1S/C16H24BrNOS/c1-20-9-5-3-2-4-8-18-12-15-11-13-10-14(17)6-7-16(13)19-15/h6-7,10,15,18H,2-5,8-9,11-12H2,1H3. The van der Waals surface area contributed by atoms with Crippen LogP contribution in [0.3, 0.4) is 0 Å². The van der Waals surface area contributed by atoms with Gasteiger partial charge in [-0.2, -0.15) is 11.8 Å². The molecule has 0 aromatic heterocycles. The maximum absolute atomic E-state index is 5.94. The van der Waals surface area contributed by atoms with Crippen LogP contribution in [0, 0.1) is 0 Å².